The minimum atomic E-state index is -4.54. The molecule has 0 bridgehead atoms. The van der Waals surface area contributed by atoms with Crippen molar-refractivity contribution in [3.05, 3.63) is 53.9 Å². The lowest BCUT2D eigenvalue weighted by atomic mass is 10.2. The summed E-state index contributed by atoms with van der Waals surface area (Å²) in [4.78, 5) is 17.3. The van der Waals surface area contributed by atoms with Gasteiger partial charge in [-0.05, 0) is 36.2 Å². The molecule has 0 saturated carbocycles. The summed E-state index contributed by atoms with van der Waals surface area (Å²) in [5.74, 6) is 0.266. The number of alkyl halides is 3. The Morgan fingerprint density at radius 1 is 1.29 bits per heavy atom. The molecule has 0 spiro atoms. The van der Waals surface area contributed by atoms with Crippen LogP contribution >= 0.6 is 0 Å². The van der Waals surface area contributed by atoms with Crippen LogP contribution in [0.25, 0.3) is 0 Å². The zero-order chi connectivity index (χ0) is 20.1. The summed E-state index contributed by atoms with van der Waals surface area (Å²) in [5, 5.41) is 11.9. The molecule has 1 aromatic heterocycles. The maximum absolute atomic E-state index is 13.0. The van der Waals surface area contributed by atoms with Crippen LogP contribution in [-0.4, -0.2) is 46.6 Å². The van der Waals surface area contributed by atoms with Gasteiger partial charge in [0.2, 0.25) is 0 Å². The number of hydrogen-bond acceptors (Lipinski definition) is 5. The first-order valence-corrected chi connectivity index (χ1v) is 8.76. The van der Waals surface area contributed by atoms with E-state index in [1.165, 1.54) is 12.1 Å². The summed E-state index contributed by atoms with van der Waals surface area (Å²) >= 11 is 0. The molecule has 150 valence electrons. The van der Waals surface area contributed by atoms with Crippen LogP contribution in [0.15, 0.2) is 42.6 Å². The van der Waals surface area contributed by atoms with Crippen LogP contribution in [0.2, 0.25) is 0 Å². The van der Waals surface area contributed by atoms with Crippen molar-refractivity contribution < 1.29 is 27.8 Å². The van der Waals surface area contributed by atoms with Crippen molar-refractivity contribution in [1.82, 2.24) is 9.88 Å². The van der Waals surface area contributed by atoms with E-state index in [1.54, 1.807) is 29.2 Å². The number of anilines is 1. The minimum absolute atomic E-state index is 0.0750. The molecule has 1 atom stereocenters. The second kappa shape index (κ2) is 8.47. The predicted molar refractivity (Wildman–Crippen MR) is 95.7 cm³/mol. The van der Waals surface area contributed by atoms with Crippen molar-refractivity contribution in [3.8, 4) is 5.75 Å². The summed E-state index contributed by atoms with van der Waals surface area (Å²) in [6, 6.07) is 9.19. The van der Waals surface area contributed by atoms with Gasteiger partial charge in [0.05, 0.1) is 12.3 Å². The number of aliphatic hydroxyl groups excluding tert-OH is 1. The van der Waals surface area contributed by atoms with Crippen molar-refractivity contribution in [2.24, 2.45) is 0 Å². The molecular weight excluding hydrogens is 375 g/mol. The number of halogens is 3. The Kier molecular flexibility index (Phi) is 6.03. The largest absolute Gasteiger partial charge is 0.484 e. The Morgan fingerprint density at radius 2 is 2.04 bits per heavy atom. The van der Waals surface area contributed by atoms with E-state index in [0.29, 0.717) is 18.7 Å². The fourth-order valence-corrected chi connectivity index (χ4v) is 3.00. The molecule has 0 radical (unpaired) electrons. The highest BCUT2D eigenvalue weighted by Gasteiger charge is 2.36. The molecule has 2 aromatic rings. The molecule has 1 aliphatic heterocycles. The number of nitrogens with one attached hydrogen (secondary N) is 1. The molecule has 1 aliphatic rings. The van der Waals surface area contributed by atoms with E-state index in [9.17, 15) is 18.0 Å². The number of hydrogen-bond donors (Lipinski definition) is 2. The van der Waals surface area contributed by atoms with Crippen LogP contribution < -0.4 is 10.1 Å². The molecule has 1 fully saturated rings. The summed E-state index contributed by atoms with van der Waals surface area (Å²) in [6.45, 7) is 0.489. The first-order valence-electron chi connectivity index (χ1n) is 8.76. The average Bonchev–Trinajstić information content (AvgIpc) is 3.14. The fraction of sp³-hybridized carbons (Fsp3) is 0.368. The van der Waals surface area contributed by atoms with E-state index in [2.05, 4.69) is 10.3 Å². The molecule has 1 amide bonds. The highest BCUT2D eigenvalue weighted by atomic mass is 19.4. The minimum Gasteiger partial charge on any atom is -0.484 e. The molecule has 9 heteroatoms. The van der Waals surface area contributed by atoms with E-state index >= 15 is 0 Å². The van der Waals surface area contributed by atoms with Crippen LogP contribution in [0, 0.1) is 0 Å². The van der Waals surface area contributed by atoms with Crippen LogP contribution in [0.3, 0.4) is 0 Å². The third-order valence-corrected chi connectivity index (χ3v) is 4.45. The van der Waals surface area contributed by atoms with Gasteiger partial charge in [-0.1, -0.05) is 12.1 Å². The van der Waals surface area contributed by atoms with Crippen molar-refractivity contribution in [2.75, 3.05) is 25.0 Å². The molecule has 28 heavy (non-hydrogen) atoms. The number of carbonyl (C=O) groups excluding carboxylic acids is 1. The smallest absolute Gasteiger partial charge is 0.435 e. The van der Waals surface area contributed by atoms with Gasteiger partial charge in [-0.25, -0.2) is 4.98 Å². The Balaban J connectivity index is 1.53. The van der Waals surface area contributed by atoms with Crippen molar-refractivity contribution >= 4 is 11.6 Å². The van der Waals surface area contributed by atoms with Crippen LogP contribution in [0.1, 0.15) is 17.7 Å². The standard InChI is InChI=1S/C19H20F3N3O3/c20-19(21,22)18-16(2-1-8-23-18)24-14-7-9-25(10-14)17(27)12-28-15-5-3-13(11-26)4-6-15/h1-6,8,14,24,26H,7,9-12H2. The SMILES string of the molecule is O=C(COc1ccc(CO)cc1)N1CCC(Nc2cccnc2C(F)(F)F)C1. The van der Waals surface area contributed by atoms with Crippen LogP contribution in [0.5, 0.6) is 5.75 Å². The maximum atomic E-state index is 13.0. The number of nitrogens with zero attached hydrogens (tertiary/aromatic N) is 2. The van der Waals surface area contributed by atoms with Crippen molar-refractivity contribution in [1.29, 1.82) is 0 Å². The molecule has 1 unspecified atom stereocenters. The Morgan fingerprint density at radius 3 is 2.71 bits per heavy atom. The lowest BCUT2D eigenvalue weighted by Crippen LogP contribution is -2.35. The monoisotopic (exact) mass is 395 g/mol. The maximum Gasteiger partial charge on any atom is 0.435 e. The average molecular weight is 395 g/mol. The number of likely N-dealkylation sites (tertiary alicyclic amines) is 1. The first-order chi connectivity index (χ1) is 13.4. The normalized spacial score (nSPS) is 16.9. The van der Waals surface area contributed by atoms with Gasteiger partial charge in [0.1, 0.15) is 5.75 Å². The zero-order valence-electron chi connectivity index (χ0n) is 14.9. The van der Waals surface area contributed by atoms with Crippen LogP contribution in [0.4, 0.5) is 18.9 Å². The highest BCUT2D eigenvalue weighted by Crippen LogP contribution is 2.33. The van der Waals surface area contributed by atoms with Gasteiger partial charge in [-0.2, -0.15) is 13.2 Å². The summed E-state index contributed by atoms with van der Waals surface area (Å²) < 4.78 is 44.6. The summed E-state index contributed by atoms with van der Waals surface area (Å²) in [5.41, 5.74) is -0.315. The Labute approximate surface area is 159 Å². The number of pyridine rings is 1. The van der Waals surface area contributed by atoms with Crippen LogP contribution in [-0.2, 0) is 17.6 Å². The van der Waals surface area contributed by atoms with Gasteiger partial charge in [0.15, 0.2) is 12.3 Å². The van der Waals surface area contributed by atoms with Gasteiger partial charge < -0.3 is 20.1 Å². The summed E-state index contributed by atoms with van der Waals surface area (Å²) in [6.07, 6.45) is -2.91. The van der Waals surface area contributed by atoms with Gasteiger partial charge >= 0.3 is 6.18 Å². The van der Waals surface area contributed by atoms with Gasteiger partial charge in [-0.15, -0.1) is 0 Å². The van der Waals surface area contributed by atoms with E-state index in [4.69, 9.17) is 9.84 Å². The number of aliphatic hydroxyl groups is 1. The number of ether oxygens (including phenoxy) is 1. The van der Waals surface area contributed by atoms with Gasteiger partial charge in [-0.3, -0.25) is 4.79 Å². The number of aromatic nitrogens is 1. The molecule has 1 aromatic carbocycles. The second-order valence-electron chi connectivity index (χ2n) is 6.46. The summed E-state index contributed by atoms with van der Waals surface area (Å²) in [7, 11) is 0. The van der Waals surface area contributed by atoms with E-state index in [-0.39, 0.29) is 37.4 Å². The zero-order valence-corrected chi connectivity index (χ0v) is 14.9. The molecule has 1 saturated heterocycles. The van der Waals surface area contributed by atoms with Gasteiger partial charge in [0, 0.05) is 25.3 Å². The van der Waals surface area contributed by atoms with Crippen molar-refractivity contribution in [3.63, 3.8) is 0 Å². The van der Waals surface area contributed by atoms with E-state index in [1.807, 2.05) is 0 Å². The van der Waals surface area contributed by atoms with E-state index in [0.717, 1.165) is 11.8 Å². The van der Waals surface area contributed by atoms with Gasteiger partial charge in [0.25, 0.3) is 5.91 Å². The molecule has 6 nitrogen and oxygen atoms in total. The van der Waals surface area contributed by atoms with Crippen molar-refractivity contribution in [2.45, 2.75) is 25.2 Å². The molecule has 2 heterocycles. The quantitative estimate of drug-likeness (QED) is 0.787. The molecule has 0 aliphatic carbocycles. The number of carbonyl (C=O) groups is 1. The molecule has 3 rings (SSSR count). The Bertz CT molecular complexity index is 812. The third-order valence-electron chi connectivity index (χ3n) is 4.45. The number of amides is 1. The third kappa shape index (κ3) is 4.92. The first kappa shape index (κ1) is 19.9. The lowest BCUT2D eigenvalue weighted by molar-refractivity contribution is -0.140. The molecular formula is C19H20F3N3O3. The Hall–Kier alpha value is -2.81. The fourth-order valence-electron chi connectivity index (χ4n) is 3.00. The molecule has 2 N–H and O–H groups in total. The number of benzene rings is 1. The second-order valence-corrected chi connectivity index (χ2v) is 6.46. The highest BCUT2D eigenvalue weighted by molar-refractivity contribution is 5.78. The number of rotatable bonds is 6. The predicted octanol–water partition coefficient (Wildman–Crippen LogP) is 2.68. The lowest BCUT2D eigenvalue weighted by Gasteiger charge is -2.19. The van der Waals surface area contributed by atoms with E-state index < -0.39 is 11.9 Å². The topological polar surface area (TPSA) is 74.7 Å².